The molecule has 42 heavy (non-hydrogen) atoms. The predicted octanol–water partition coefficient (Wildman–Crippen LogP) is 5.29. The van der Waals surface area contributed by atoms with Crippen molar-refractivity contribution in [2.75, 3.05) is 0 Å². The number of Topliss-reactive ketones (excluding diaryl/α,β-unsaturated/α-hetero) is 1. The van der Waals surface area contributed by atoms with Gasteiger partial charge in [0.05, 0.1) is 23.1 Å². The first-order chi connectivity index (χ1) is 20.1. The highest BCUT2D eigenvalue weighted by Gasteiger charge is 2.29. The van der Waals surface area contributed by atoms with Gasteiger partial charge in [-0.05, 0) is 34.9 Å². The zero-order valence-electron chi connectivity index (χ0n) is 23.9. The fourth-order valence-electron chi connectivity index (χ4n) is 5.12. The molecule has 8 heteroatoms. The molecule has 1 N–H and O–H groups in total. The fourth-order valence-corrected chi connectivity index (χ4v) is 10.3. The maximum Gasteiger partial charge on any atom is 0.268 e. The van der Waals surface area contributed by atoms with E-state index in [-0.39, 0.29) is 22.7 Å². The van der Waals surface area contributed by atoms with Crippen LogP contribution in [0.1, 0.15) is 43.2 Å². The lowest BCUT2D eigenvalue weighted by molar-refractivity contribution is 0.0992. The van der Waals surface area contributed by atoms with Crippen LogP contribution >= 0.6 is 0 Å². The first-order valence-electron chi connectivity index (χ1n) is 13.6. The van der Waals surface area contributed by atoms with E-state index in [4.69, 9.17) is 5.26 Å². The van der Waals surface area contributed by atoms with Crippen molar-refractivity contribution in [3.8, 4) is 6.07 Å². The van der Waals surface area contributed by atoms with Crippen molar-refractivity contribution in [2.24, 2.45) is 0 Å². The summed E-state index contributed by atoms with van der Waals surface area (Å²) in [7, 11) is -5.18. The smallest absolute Gasteiger partial charge is 0.268 e. The number of carbonyl (C=O) groups excluding carboxylic acids is 1. The molecule has 0 spiro atoms. The van der Waals surface area contributed by atoms with Crippen molar-refractivity contribution in [2.45, 2.75) is 43.7 Å². The van der Waals surface area contributed by atoms with Gasteiger partial charge in [-0.15, -0.1) is 0 Å². The van der Waals surface area contributed by atoms with Crippen molar-refractivity contribution >= 4 is 45.9 Å². The van der Waals surface area contributed by atoms with Crippen molar-refractivity contribution in [3.63, 3.8) is 0 Å². The van der Waals surface area contributed by atoms with Gasteiger partial charge < -0.3 is 5.11 Å². The second-order valence-electron chi connectivity index (χ2n) is 11.0. The third-order valence-electron chi connectivity index (χ3n) is 6.95. The van der Waals surface area contributed by atoms with Gasteiger partial charge in [-0.1, -0.05) is 122 Å². The topological polar surface area (TPSA) is 100 Å². The number of carbonyl (C=O) groups is 1. The molecule has 5 rings (SSSR count). The summed E-state index contributed by atoms with van der Waals surface area (Å²) in [5, 5.41) is 22.1. The number of hydrogen-bond acceptors (Lipinski definition) is 5. The number of ketones is 1. The summed E-state index contributed by atoms with van der Waals surface area (Å²) in [6.07, 6.45) is -0.423. The Morgan fingerprint density at radius 1 is 0.833 bits per heavy atom. The number of nitriles is 1. The van der Waals surface area contributed by atoms with Gasteiger partial charge in [-0.25, -0.2) is 12.4 Å². The number of aromatic nitrogens is 1. The maximum atomic E-state index is 13.1. The van der Waals surface area contributed by atoms with Crippen LogP contribution in [0.2, 0.25) is 5.04 Å². The van der Waals surface area contributed by atoms with Crippen LogP contribution < -0.4 is 10.4 Å². The van der Waals surface area contributed by atoms with Crippen molar-refractivity contribution in [1.29, 1.82) is 5.26 Å². The van der Waals surface area contributed by atoms with Gasteiger partial charge >= 0.3 is 0 Å². The van der Waals surface area contributed by atoms with E-state index >= 15 is 0 Å². The van der Waals surface area contributed by atoms with Gasteiger partial charge in [0, 0.05) is 5.39 Å². The minimum atomic E-state index is -4.04. The van der Waals surface area contributed by atoms with Crippen molar-refractivity contribution < 1.29 is 18.3 Å². The molecule has 0 aliphatic carbocycles. The number of rotatable bonds is 7. The lowest BCUT2D eigenvalue weighted by Crippen LogP contribution is -2.48. The average Bonchev–Trinajstić information content (AvgIpc) is 3.38. The van der Waals surface area contributed by atoms with Gasteiger partial charge in [-0.3, -0.25) is 4.79 Å². The van der Waals surface area contributed by atoms with Crippen LogP contribution in [-0.2, 0) is 16.6 Å². The zero-order valence-corrected chi connectivity index (χ0v) is 25.9. The van der Waals surface area contributed by atoms with Gasteiger partial charge in [-0.2, -0.15) is 5.26 Å². The molecule has 0 amide bonds. The molecule has 0 aliphatic rings. The van der Waals surface area contributed by atoms with E-state index in [1.54, 1.807) is 36.4 Å². The quantitative estimate of drug-likeness (QED) is 0.204. The summed E-state index contributed by atoms with van der Waals surface area (Å²) in [5.74, 6) is -0.580. The minimum Gasteiger partial charge on any atom is -0.392 e. The molecule has 6 nitrogen and oxygen atoms in total. The Bertz CT molecular complexity index is 1770. The van der Waals surface area contributed by atoms with Crippen LogP contribution in [0.5, 0.6) is 0 Å². The van der Waals surface area contributed by atoms with Crippen LogP contribution in [0.3, 0.4) is 0 Å². The molecule has 5 aromatic rings. The third-order valence-corrected chi connectivity index (χ3v) is 12.5. The van der Waals surface area contributed by atoms with Crippen LogP contribution in [0, 0.1) is 11.3 Å². The first kappa shape index (κ1) is 30.7. The Morgan fingerprint density at radius 3 is 1.83 bits per heavy atom. The highest BCUT2D eigenvalue weighted by Crippen LogP contribution is 2.28. The van der Waals surface area contributed by atoms with Crippen LogP contribution in [-0.4, -0.2) is 32.1 Å². The predicted molar refractivity (Wildman–Crippen MR) is 170 cm³/mol. The second-order valence-corrected chi connectivity index (χ2v) is 16.8. The molecule has 0 atom stereocenters. The second kappa shape index (κ2) is 13.1. The Labute approximate surface area is 249 Å². The van der Waals surface area contributed by atoms with Gasteiger partial charge in [0.25, 0.3) is 10.0 Å². The summed E-state index contributed by atoms with van der Waals surface area (Å²) >= 11 is 0. The van der Waals surface area contributed by atoms with Crippen molar-refractivity contribution in [3.05, 3.63) is 127 Å². The Morgan fingerprint density at radius 2 is 1.36 bits per heavy atom. The van der Waals surface area contributed by atoms with E-state index in [2.05, 4.69) is 81.4 Å². The molecule has 4 aromatic carbocycles. The van der Waals surface area contributed by atoms with Crippen LogP contribution in [0.15, 0.2) is 120 Å². The SMILES string of the molecule is CC(C)(C)[SiH](c1ccccc1)c1ccccc1.N#CCC(=O)c1cc2ccc(CO)cc2n1S(=O)(=O)c1ccccc1. The molecule has 1 heterocycles. The highest BCUT2D eigenvalue weighted by molar-refractivity contribution is 7.90. The molecule has 0 aliphatic heterocycles. The van der Waals surface area contributed by atoms with Gasteiger partial charge in [0.1, 0.15) is 20.9 Å². The molecule has 0 unspecified atom stereocenters. The van der Waals surface area contributed by atoms with E-state index < -0.39 is 31.0 Å². The number of aliphatic hydroxyl groups excluding tert-OH is 1. The maximum absolute atomic E-state index is 13.1. The van der Waals surface area contributed by atoms with Crippen LogP contribution in [0.4, 0.5) is 0 Å². The molecule has 1 aromatic heterocycles. The molecule has 0 bridgehead atoms. The number of benzene rings is 4. The molecule has 0 radical (unpaired) electrons. The number of hydrogen-bond donors (Lipinski definition) is 1. The molecular weight excluding hydrogens is 561 g/mol. The number of fused-ring (bicyclic) bond motifs is 1. The largest absolute Gasteiger partial charge is 0.392 e. The number of aliphatic hydroxyl groups is 1. The van der Waals surface area contributed by atoms with Crippen LogP contribution in [0.25, 0.3) is 10.9 Å². The Balaban J connectivity index is 0.000000208. The zero-order chi connectivity index (χ0) is 30.3. The van der Waals surface area contributed by atoms with E-state index in [0.717, 1.165) is 3.97 Å². The summed E-state index contributed by atoms with van der Waals surface area (Å²) in [6, 6.07) is 37.8. The highest BCUT2D eigenvalue weighted by atomic mass is 32.2. The van der Waals surface area contributed by atoms with E-state index in [9.17, 15) is 18.3 Å². The summed E-state index contributed by atoms with van der Waals surface area (Å²) < 4.78 is 27.2. The first-order valence-corrected chi connectivity index (χ1v) is 16.8. The van der Waals surface area contributed by atoms with E-state index in [1.165, 1.54) is 34.6 Å². The fraction of sp³-hybridized carbons (Fsp3) is 0.176. The average molecular weight is 595 g/mol. The molecular formula is C34H34N2O4SSi. The standard InChI is InChI=1S/C18H14N2O4S.C16H20Si/c19-9-8-18(22)17-11-14-7-6-13(12-21)10-16(14)20(17)25(23,24)15-4-2-1-3-5-15;1-16(2,3)17(14-10-6-4-7-11-14)15-12-8-5-9-13-15/h1-7,10-11,21H,8,12H2;4-13,17H,1-3H3. The molecule has 214 valence electrons. The lowest BCUT2D eigenvalue weighted by atomic mass is 10.1. The minimum absolute atomic E-state index is 0.0351. The molecule has 0 saturated heterocycles. The van der Waals surface area contributed by atoms with Gasteiger partial charge in [0.2, 0.25) is 0 Å². The molecule has 0 fully saturated rings. The number of nitrogens with zero attached hydrogens (tertiary/aromatic N) is 2. The monoisotopic (exact) mass is 594 g/mol. The Kier molecular flexibility index (Phi) is 9.58. The normalized spacial score (nSPS) is 11.5. The Hall–Kier alpha value is -4.29. The summed E-state index contributed by atoms with van der Waals surface area (Å²) in [6.45, 7) is 6.84. The van der Waals surface area contributed by atoms with E-state index in [0.29, 0.717) is 16.0 Å². The lowest BCUT2D eigenvalue weighted by Gasteiger charge is -2.30. The van der Waals surface area contributed by atoms with Gasteiger partial charge in [0.15, 0.2) is 5.78 Å². The van der Waals surface area contributed by atoms with E-state index in [1.807, 2.05) is 0 Å². The van der Waals surface area contributed by atoms with Crippen molar-refractivity contribution in [1.82, 2.24) is 3.97 Å². The molecule has 0 saturated carbocycles. The third kappa shape index (κ3) is 6.77. The summed E-state index contributed by atoms with van der Waals surface area (Å²) in [4.78, 5) is 12.3. The summed E-state index contributed by atoms with van der Waals surface area (Å²) in [5.41, 5.74) is 0.738.